The molecule has 0 amide bonds. The van der Waals surface area contributed by atoms with Gasteiger partial charge < -0.3 is 5.32 Å². The Morgan fingerprint density at radius 2 is 1.76 bits per heavy atom. The molecule has 110 valence electrons. The smallest absolute Gasteiger partial charge is 0.162 e. The van der Waals surface area contributed by atoms with Crippen molar-refractivity contribution < 1.29 is 4.79 Å². The molecule has 1 atom stereocenters. The number of halogens is 1. The summed E-state index contributed by atoms with van der Waals surface area (Å²) in [5, 5.41) is 3.46. The summed E-state index contributed by atoms with van der Waals surface area (Å²) < 4.78 is 1.09. The van der Waals surface area contributed by atoms with Crippen LogP contribution in [-0.4, -0.2) is 12.3 Å². The second kappa shape index (κ2) is 8.11. The number of carbonyl (C=O) groups excluding carboxylic acids is 1. The first-order valence-electron chi connectivity index (χ1n) is 7.24. The Balaban J connectivity index is 1.72. The molecular weight excluding hydrogens is 326 g/mol. The van der Waals surface area contributed by atoms with E-state index >= 15 is 0 Å². The highest BCUT2D eigenvalue weighted by Crippen LogP contribution is 2.16. The number of nitrogens with one attached hydrogen (secondary N) is 1. The second-order valence-corrected chi connectivity index (χ2v) is 6.04. The van der Waals surface area contributed by atoms with E-state index in [0.29, 0.717) is 12.5 Å². The fourth-order valence-corrected chi connectivity index (χ4v) is 2.47. The minimum atomic E-state index is 0.216. The maximum Gasteiger partial charge on any atom is 0.162 e. The lowest BCUT2D eigenvalue weighted by molar-refractivity contribution is 0.0979. The number of hydrogen-bond donors (Lipinski definition) is 1. The number of hydrogen-bond acceptors (Lipinski definition) is 2. The Kier molecular flexibility index (Phi) is 6.15. The van der Waals surface area contributed by atoms with Crippen LogP contribution in [0.2, 0.25) is 0 Å². The standard InChI is InChI=1S/C18H20BrNO/c1-14(15-9-11-17(19)12-10-15)20-13-5-8-18(21)16-6-3-2-4-7-16/h2-4,6-7,9-12,14,20H,5,8,13H2,1H3. The Hall–Kier alpha value is -1.45. The summed E-state index contributed by atoms with van der Waals surface area (Å²) in [4.78, 5) is 12.0. The van der Waals surface area contributed by atoms with Crippen molar-refractivity contribution in [3.8, 4) is 0 Å². The zero-order valence-electron chi connectivity index (χ0n) is 12.2. The quantitative estimate of drug-likeness (QED) is 0.578. The molecular formula is C18H20BrNO. The van der Waals surface area contributed by atoms with E-state index in [4.69, 9.17) is 0 Å². The summed E-state index contributed by atoms with van der Waals surface area (Å²) in [6, 6.07) is 18.1. The van der Waals surface area contributed by atoms with Crippen molar-refractivity contribution >= 4 is 21.7 Å². The molecule has 3 heteroatoms. The van der Waals surface area contributed by atoms with Crippen molar-refractivity contribution in [3.05, 3.63) is 70.2 Å². The van der Waals surface area contributed by atoms with Crippen LogP contribution in [0.4, 0.5) is 0 Å². The van der Waals surface area contributed by atoms with E-state index in [-0.39, 0.29) is 5.78 Å². The molecule has 2 aromatic carbocycles. The van der Waals surface area contributed by atoms with Gasteiger partial charge in [-0.25, -0.2) is 0 Å². The third kappa shape index (κ3) is 5.10. The zero-order valence-corrected chi connectivity index (χ0v) is 13.8. The molecule has 0 heterocycles. The average Bonchev–Trinajstić information content (AvgIpc) is 2.52. The van der Waals surface area contributed by atoms with E-state index in [1.54, 1.807) is 0 Å². The van der Waals surface area contributed by atoms with E-state index in [1.165, 1.54) is 5.56 Å². The van der Waals surface area contributed by atoms with Crippen LogP contribution in [0.15, 0.2) is 59.1 Å². The van der Waals surface area contributed by atoms with Crippen LogP contribution >= 0.6 is 15.9 Å². The third-order valence-electron chi connectivity index (χ3n) is 3.50. The normalized spacial score (nSPS) is 12.1. The zero-order chi connectivity index (χ0) is 15.1. The summed E-state index contributed by atoms with van der Waals surface area (Å²) >= 11 is 3.44. The van der Waals surface area contributed by atoms with Gasteiger partial charge in [0.2, 0.25) is 0 Å². The maximum atomic E-state index is 12.0. The van der Waals surface area contributed by atoms with Gasteiger partial charge in [0.1, 0.15) is 0 Å². The van der Waals surface area contributed by atoms with Gasteiger partial charge in [0.15, 0.2) is 5.78 Å². The summed E-state index contributed by atoms with van der Waals surface area (Å²) in [6.07, 6.45) is 1.44. The van der Waals surface area contributed by atoms with Gasteiger partial charge in [-0.1, -0.05) is 58.4 Å². The molecule has 0 saturated carbocycles. The Morgan fingerprint density at radius 3 is 2.43 bits per heavy atom. The molecule has 2 rings (SSSR count). The third-order valence-corrected chi connectivity index (χ3v) is 4.03. The summed E-state index contributed by atoms with van der Waals surface area (Å²) in [5.41, 5.74) is 2.06. The van der Waals surface area contributed by atoms with Crippen molar-refractivity contribution in [2.45, 2.75) is 25.8 Å². The van der Waals surface area contributed by atoms with Gasteiger partial charge in [-0.3, -0.25) is 4.79 Å². The van der Waals surface area contributed by atoms with Crippen LogP contribution in [-0.2, 0) is 0 Å². The van der Waals surface area contributed by atoms with Crippen LogP contribution in [0.25, 0.3) is 0 Å². The van der Waals surface area contributed by atoms with Crippen LogP contribution < -0.4 is 5.32 Å². The topological polar surface area (TPSA) is 29.1 Å². The molecule has 0 fully saturated rings. The molecule has 1 unspecified atom stereocenters. The Morgan fingerprint density at radius 1 is 1.10 bits per heavy atom. The van der Waals surface area contributed by atoms with Crippen LogP contribution in [0.5, 0.6) is 0 Å². The SMILES string of the molecule is CC(NCCCC(=O)c1ccccc1)c1ccc(Br)cc1. The number of carbonyl (C=O) groups is 1. The van der Waals surface area contributed by atoms with Gasteiger partial charge in [-0.2, -0.15) is 0 Å². The second-order valence-electron chi connectivity index (χ2n) is 5.12. The van der Waals surface area contributed by atoms with Crippen molar-refractivity contribution in [2.24, 2.45) is 0 Å². The van der Waals surface area contributed by atoms with Crippen LogP contribution in [0, 0.1) is 0 Å². The molecule has 2 aromatic rings. The highest BCUT2D eigenvalue weighted by Gasteiger charge is 2.06. The first-order valence-corrected chi connectivity index (χ1v) is 8.03. The maximum absolute atomic E-state index is 12.0. The predicted molar refractivity (Wildman–Crippen MR) is 90.6 cm³/mol. The van der Waals surface area contributed by atoms with Crippen molar-refractivity contribution in [3.63, 3.8) is 0 Å². The van der Waals surface area contributed by atoms with Gasteiger partial charge >= 0.3 is 0 Å². The minimum Gasteiger partial charge on any atom is -0.310 e. The fraction of sp³-hybridized carbons (Fsp3) is 0.278. The first kappa shape index (κ1) is 15.9. The predicted octanol–water partition coefficient (Wildman–Crippen LogP) is 4.76. The van der Waals surface area contributed by atoms with Gasteiger partial charge in [-0.15, -0.1) is 0 Å². The van der Waals surface area contributed by atoms with E-state index in [2.05, 4.69) is 40.3 Å². The van der Waals surface area contributed by atoms with E-state index in [9.17, 15) is 4.79 Å². The molecule has 21 heavy (non-hydrogen) atoms. The van der Waals surface area contributed by atoms with Gasteiger partial charge in [0.25, 0.3) is 0 Å². The molecule has 0 spiro atoms. The van der Waals surface area contributed by atoms with Crippen LogP contribution in [0.3, 0.4) is 0 Å². The molecule has 0 bridgehead atoms. The monoisotopic (exact) mass is 345 g/mol. The summed E-state index contributed by atoms with van der Waals surface area (Å²) in [6.45, 7) is 2.98. The number of benzene rings is 2. The van der Waals surface area contributed by atoms with Crippen molar-refractivity contribution in [2.75, 3.05) is 6.54 Å². The van der Waals surface area contributed by atoms with E-state index in [1.807, 2.05) is 42.5 Å². The number of ketones is 1. The number of Topliss-reactive ketones (excluding diaryl/α,β-unsaturated/α-hetero) is 1. The van der Waals surface area contributed by atoms with E-state index in [0.717, 1.165) is 23.0 Å². The Labute approximate surface area is 134 Å². The van der Waals surface area contributed by atoms with Gasteiger partial charge in [-0.05, 0) is 37.6 Å². The fourth-order valence-electron chi connectivity index (χ4n) is 2.21. The molecule has 0 saturated heterocycles. The highest BCUT2D eigenvalue weighted by molar-refractivity contribution is 9.10. The summed E-state index contributed by atoms with van der Waals surface area (Å²) in [7, 11) is 0. The molecule has 0 aliphatic carbocycles. The summed E-state index contributed by atoms with van der Waals surface area (Å²) in [5.74, 6) is 0.216. The van der Waals surface area contributed by atoms with Gasteiger partial charge in [0, 0.05) is 22.5 Å². The molecule has 0 aliphatic rings. The lowest BCUT2D eigenvalue weighted by Crippen LogP contribution is -2.20. The largest absolute Gasteiger partial charge is 0.310 e. The Bertz CT molecular complexity index is 566. The van der Waals surface area contributed by atoms with Gasteiger partial charge in [0.05, 0.1) is 0 Å². The lowest BCUT2D eigenvalue weighted by atomic mass is 10.1. The number of rotatable bonds is 7. The average molecular weight is 346 g/mol. The molecule has 0 radical (unpaired) electrons. The molecule has 0 aromatic heterocycles. The van der Waals surface area contributed by atoms with E-state index < -0.39 is 0 Å². The lowest BCUT2D eigenvalue weighted by Gasteiger charge is -2.14. The minimum absolute atomic E-state index is 0.216. The highest BCUT2D eigenvalue weighted by atomic mass is 79.9. The molecule has 0 aliphatic heterocycles. The first-order chi connectivity index (χ1) is 10.2. The molecule has 1 N–H and O–H groups in total. The molecule has 2 nitrogen and oxygen atoms in total. The van der Waals surface area contributed by atoms with Crippen LogP contribution in [0.1, 0.15) is 41.7 Å². The van der Waals surface area contributed by atoms with Crippen molar-refractivity contribution in [1.82, 2.24) is 5.32 Å². The van der Waals surface area contributed by atoms with Crippen molar-refractivity contribution in [1.29, 1.82) is 0 Å².